The highest BCUT2D eigenvalue weighted by atomic mass is 35.5. The van der Waals surface area contributed by atoms with Crippen LogP contribution >= 0.6 is 12.4 Å². The van der Waals surface area contributed by atoms with Crippen LogP contribution in [-0.2, 0) is 17.5 Å². The van der Waals surface area contributed by atoms with E-state index < -0.39 is 5.54 Å². The van der Waals surface area contributed by atoms with Gasteiger partial charge in [-0.15, -0.1) is 12.4 Å². The molecule has 0 fully saturated rings. The van der Waals surface area contributed by atoms with E-state index >= 15 is 0 Å². The van der Waals surface area contributed by atoms with Crippen molar-refractivity contribution in [1.29, 1.82) is 0 Å². The first kappa shape index (κ1) is 28.8. The Labute approximate surface area is 228 Å². The Hall–Kier alpha value is -2.79. The summed E-state index contributed by atoms with van der Waals surface area (Å²) in [5, 5.41) is 12.3. The van der Waals surface area contributed by atoms with Crippen LogP contribution in [0.4, 0.5) is 5.82 Å². The predicted octanol–water partition coefficient (Wildman–Crippen LogP) is 7.69. The second-order valence-corrected chi connectivity index (χ2v) is 10.9. The van der Waals surface area contributed by atoms with Crippen molar-refractivity contribution < 1.29 is 4.79 Å². The fourth-order valence-electron chi connectivity index (χ4n) is 5.54. The molecule has 2 aromatic carbocycles. The highest BCUT2D eigenvalue weighted by Crippen LogP contribution is 2.41. The van der Waals surface area contributed by atoms with Gasteiger partial charge in [-0.05, 0) is 64.0 Å². The monoisotopic (exact) mass is 522 g/mol. The average molecular weight is 523 g/mol. The molecule has 5 nitrogen and oxygen atoms in total. The van der Waals surface area contributed by atoms with Crippen molar-refractivity contribution in [3.05, 3.63) is 82.5 Å². The van der Waals surface area contributed by atoms with E-state index in [4.69, 9.17) is 5.10 Å². The molecule has 1 aliphatic rings. The van der Waals surface area contributed by atoms with Gasteiger partial charge in [0.05, 0.1) is 22.8 Å². The Morgan fingerprint density at radius 1 is 1.08 bits per heavy atom. The fourth-order valence-corrected chi connectivity index (χ4v) is 5.54. The lowest BCUT2D eigenvalue weighted by atomic mass is 9.84. The molecule has 2 heterocycles. The predicted molar refractivity (Wildman–Crippen MR) is 156 cm³/mol. The number of hydrogen-bond donors (Lipinski definition) is 2. The second kappa shape index (κ2) is 11.7. The second-order valence-electron chi connectivity index (χ2n) is 10.9. The SMILES string of the molecule is CCCCc1nn2c(c1C(=O)NC(CC)(CC)c1ccc(C)cc1)NC(c1ccccc1)CC2(C)C.Cl. The van der Waals surface area contributed by atoms with E-state index in [1.807, 2.05) is 6.07 Å². The van der Waals surface area contributed by atoms with Crippen molar-refractivity contribution in [3.63, 3.8) is 0 Å². The smallest absolute Gasteiger partial charge is 0.257 e. The molecule has 1 atom stereocenters. The number of carbonyl (C=O) groups is 1. The van der Waals surface area contributed by atoms with Gasteiger partial charge < -0.3 is 10.6 Å². The summed E-state index contributed by atoms with van der Waals surface area (Å²) in [4.78, 5) is 14.2. The first-order valence-electron chi connectivity index (χ1n) is 13.6. The maximum absolute atomic E-state index is 14.2. The Balaban J connectivity index is 0.00000380. The number of nitrogens with one attached hydrogen (secondary N) is 2. The number of halogens is 1. The van der Waals surface area contributed by atoms with Gasteiger partial charge in [0.25, 0.3) is 5.91 Å². The third-order valence-electron chi connectivity index (χ3n) is 7.91. The molecule has 200 valence electrons. The molecule has 4 rings (SSSR count). The molecular weight excluding hydrogens is 480 g/mol. The van der Waals surface area contributed by atoms with Gasteiger partial charge >= 0.3 is 0 Å². The first-order chi connectivity index (χ1) is 17.2. The van der Waals surface area contributed by atoms with Crippen LogP contribution < -0.4 is 10.6 Å². The number of amides is 1. The molecule has 1 aliphatic heterocycles. The molecule has 0 saturated heterocycles. The molecule has 3 aromatic rings. The molecule has 37 heavy (non-hydrogen) atoms. The zero-order chi connectivity index (χ0) is 25.9. The van der Waals surface area contributed by atoms with Crippen molar-refractivity contribution in [1.82, 2.24) is 15.1 Å². The maximum atomic E-state index is 14.2. The minimum atomic E-state index is -0.426. The number of aromatic nitrogens is 2. The quantitative estimate of drug-likeness (QED) is 0.303. The van der Waals surface area contributed by atoms with Crippen LogP contribution in [0.15, 0.2) is 54.6 Å². The normalized spacial score (nSPS) is 16.3. The van der Waals surface area contributed by atoms with Gasteiger partial charge in [-0.25, -0.2) is 4.68 Å². The van der Waals surface area contributed by atoms with Crippen molar-refractivity contribution in [2.24, 2.45) is 0 Å². The molecule has 0 bridgehead atoms. The number of unbranched alkanes of at least 4 members (excludes halogenated alkanes) is 1. The largest absolute Gasteiger partial charge is 0.363 e. The highest BCUT2D eigenvalue weighted by Gasteiger charge is 2.40. The summed E-state index contributed by atoms with van der Waals surface area (Å²) in [7, 11) is 0. The average Bonchev–Trinajstić information content (AvgIpc) is 3.26. The molecule has 1 unspecified atom stereocenters. The lowest BCUT2D eigenvalue weighted by molar-refractivity contribution is 0.0889. The number of carbonyl (C=O) groups excluding carboxylic acids is 1. The van der Waals surface area contributed by atoms with E-state index in [0.29, 0.717) is 5.56 Å². The lowest BCUT2D eigenvalue weighted by Crippen LogP contribution is -2.45. The number of aryl methyl sites for hydroxylation is 2. The van der Waals surface area contributed by atoms with Crippen LogP contribution in [0.25, 0.3) is 0 Å². The molecule has 0 aliphatic carbocycles. The van der Waals surface area contributed by atoms with E-state index in [0.717, 1.165) is 55.6 Å². The molecule has 1 amide bonds. The maximum Gasteiger partial charge on any atom is 0.257 e. The molecule has 2 N–H and O–H groups in total. The van der Waals surface area contributed by atoms with Crippen LogP contribution in [0.5, 0.6) is 0 Å². The van der Waals surface area contributed by atoms with Gasteiger partial charge in [0.1, 0.15) is 11.4 Å². The molecule has 0 saturated carbocycles. The van der Waals surface area contributed by atoms with Crippen LogP contribution in [0, 0.1) is 6.92 Å². The van der Waals surface area contributed by atoms with E-state index in [-0.39, 0.29) is 29.9 Å². The van der Waals surface area contributed by atoms with Gasteiger partial charge in [0.15, 0.2) is 0 Å². The standard InChI is InChI=1S/C31H42N4O.ClH/c1-7-10-16-25-27(29(36)33-31(8-2,9-3)24-19-17-22(4)18-20-24)28-32-26(23-14-12-11-13-15-23)21-30(5,6)35(28)34-25;/h11-15,17-20,26,32H,7-10,16,21H2,1-6H3,(H,33,36);1H. The third kappa shape index (κ3) is 5.72. The number of fused-ring (bicyclic) bond motifs is 1. The first-order valence-corrected chi connectivity index (χ1v) is 13.6. The Kier molecular flexibility index (Phi) is 9.12. The van der Waals surface area contributed by atoms with Crippen LogP contribution in [0.1, 0.15) is 106 Å². The van der Waals surface area contributed by atoms with Gasteiger partial charge in [-0.1, -0.05) is 87.4 Å². The van der Waals surface area contributed by atoms with Gasteiger partial charge in [-0.2, -0.15) is 5.10 Å². The number of anilines is 1. The van der Waals surface area contributed by atoms with Crippen molar-refractivity contribution in [2.45, 2.75) is 97.2 Å². The Morgan fingerprint density at radius 3 is 2.32 bits per heavy atom. The van der Waals surface area contributed by atoms with Gasteiger partial charge in [0, 0.05) is 0 Å². The summed E-state index contributed by atoms with van der Waals surface area (Å²) >= 11 is 0. The molecule has 1 aromatic heterocycles. The van der Waals surface area contributed by atoms with E-state index in [2.05, 4.69) is 105 Å². The third-order valence-corrected chi connectivity index (χ3v) is 7.91. The summed E-state index contributed by atoms with van der Waals surface area (Å²) in [6, 6.07) is 19.2. The molecular formula is C31H43ClN4O. The summed E-state index contributed by atoms with van der Waals surface area (Å²) in [6.07, 6.45) is 5.39. The number of rotatable bonds is 9. The lowest BCUT2D eigenvalue weighted by Gasteiger charge is -2.38. The molecule has 0 radical (unpaired) electrons. The van der Waals surface area contributed by atoms with Crippen LogP contribution in [0.2, 0.25) is 0 Å². The van der Waals surface area contributed by atoms with E-state index in [1.165, 1.54) is 11.1 Å². The zero-order valence-electron chi connectivity index (χ0n) is 23.2. The number of hydrogen-bond acceptors (Lipinski definition) is 3. The van der Waals surface area contributed by atoms with Crippen LogP contribution in [0.3, 0.4) is 0 Å². The van der Waals surface area contributed by atoms with Gasteiger partial charge in [-0.3, -0.25) is 4.79 Å². The number of nitrogens with zero attached hydrogens (tertiary/aromatic N) is 2. The Bertz CT molecular complexity index is 1180. The zero-order valence-corrected chi connectivity index (χ0v) is 24.0. The van der Waals surface area contributed by atoms with Crippen molar-refractivity contribution >= 4 is 24.1 Å². The van der Waals surface area contributed by atoms with E-state index in [9.17, 15) is 4.79 Å². The van der Waals surface area contributed by atoms with Crippen molar-refractivity contribution in [3.8, 4) is 0 Å². The van der Waals surface area contributed by atoms with Gasteiger partial charge in [0.2, 0.25) is 0 Å². The highest BCUT2D eigenvalue weighted by molar-refractivity contribution is 6.01. The fraction of sp³-hybridized carbons (Fsp3) is 0.484. The summed E-state index contributed by atoms with van der Waals surface area (Å²) in [5.74, 6) is 0.803. The Morgan fingerprint density at radius 2 is 1.73 bits per heavy atom. The number of benzene rings is 2. The summed E-state index contributed by atoms with van der Waals surface area (Å²) in [5.41, 5.74) is 4.55. The van der Waals surface area contributed by atoms with E-state index in [1.54, 1.807) is 0 Å². The van der Waals surface area contributed by atoms with Crippen molar-refractivity contribution in [2.75, 3.05) is 5.32 Å². The minimum absolute atomic E-state index is 0. The minimum Gasteiger partial charge on any atom is -0.363 e. The topological polar surface area (TPSA) is 59.0 Å². The summed E-state index contributed by atoms with van der Waals surface area (Å²) in [6.45, 7) is 13.0. The summed E-state index contributed by atoms with van der Waals surface area (Å²) < 4.78 is 2.07. The van der Waals surface area contributed by atoms with Crippen LogP contribution in [-0.4, -0.2) is 15.7 Å². The molecule has 0 spiro atoms. The molecule has 6 heteroatoms.